The molecule has 0 saturated carbocycles. The fourth-order valence-electron chi connectivity index (χ4n) is 2.90. The van der Waals surface area contributed by atoms with E-state index in [4.69, 9.17) is 0 Å². The summed E-state index contributed by atoms with van der Waals surface area (Å²) in [6, 6.07) is 9.83. The van der Waals surface area contributed by atoms with Crippen molar-refractivity contribution in [2.75, 3.05) is 40.3 Å². The van der Waals surface area contributed by atoms with Gasteiger partial charge in [0.1, 0.15) is 5.41 Å². The molecule has 1 aromatic carbocycles. The van der Waals surface area contributed by atoms with Crippen LogP contribution in [0.25, 0.3) is 0 Å². The first-order valence-electron chi connectivity index (χ1n) is 8.10. The third-order valence-electron chi connectivity index (χ3n) is 4.47. The Morgan fingerprint density at radius 2 is 1.65 bits per heavy atom. The molecule has 0 spiro atoms. The van der Waals surface area contributed by atoms with Gasteiger partial charge in [-0.1, -0.05) is 30.3 Å². The lowest BCUT2D eigenvalue weighted by Gasteiger charge is -2.38. The van der Waals surface area contributed by atoms with Gasteiger partial charge in [0.2, 0.25) is 11.8 Å². The zero-order valence-electron chi connectivity index (χ0n) is 14.6. The van der Waals surface area contributed by atoms with Gasteiger partial charge < -0.3 is 14.7 Å². The summed E-state index contributed by atoms with van der Waals surface area (Å²) >= 11 is 0. The standard InChI is InChI=1S/C18H27N3O2/c1-18(2,17(23)21-12-10-19(3)11-13-21)16(22)20(4)14-15-8-6-5-7-9-15/h5-9H,10-14H2,1-4H3. The summed E-state index contributed by atoms with van der Waals surface area (Å²) in [4.78, 5) is 31.2. The van der Waals surface area contributed by atoms with Gasteiger partial charge in [0.05, 0.1) is 0 Å². The summed E-state index contributed by atoms with van der Waals surface area (Å²) in [5, 5.41) is 0. The maximum atomic E-state index is 12.8. The molecule has 126 valence electrons. The minimum atomic E-state index is -1.03. The first kappa shape index (κ1) is 17.5. The molecule has 0 aliphatic carbocycles. The molecule has 0 N–H and O–H groups in total. The molecule has 5 heteroatoms. The Labute approximate surface area is 138 Å². The van der Waals surface area contributed by atoms with Crippen molar-refractivity contribution in [1.82, 2.24) is 14.7 Å². The molecule has 1 heterocycles. The van der Waals surface area contributed by atoms with Crippen molar-refractivity contribution in [3.63, 3.8) is 0 Å². The van der Waals surface area contributed by atoms with Crippen molar-refractivity contribution in [2.24, 2.45) is 5.41 Å². The Morgan fingerprint density at radius 3 is 2.22 bits per heavy atom. The minimum Gasteiger partial charge on any atom is -0.341 e. The van der Waals surface area contributed by atoms with Gasteiger partial charge in [0.25, 0.3) is 0 Å². The summed E-state index contributed by atoms with van der Waals surface area (Å²) in [5.41, 5.74) is 0.0330. The van der Waals surface area contributed by atoms with Gasteiger partial charge in [-0.05, 0) is 26.5 Å². The van der Waals surface area contributed by atoms with Gasteiger partial charge in [-0.3, -0.25) is 9.59 Å². The third-order valence-corrected chi connectivity index (χ3v) is 4.47. The van der Waals surface area contributed by atoms with Crippen LogP contribution in [0, 0.1) is 5.41 Å². The Bertz CT molecular complexity index is 549. The second kappa shape index (κ2) is 7.13. The third kappa shape index (κ3) is 4.10. The predicted molar refractivity (Wildman–Crippen MR) is 90.8 cm³/mol. The number of hydrogen-bond donors (Lipinski definition) is 0. The van der Waals surface area contributed by atoms with Gasteiger partial charge >= 0.3 is 0 Å². The molecule has 0 unspecified atom stereocenters. The number of nitrogens with zero attached hydrogens (tertiary/aromatic N) is 3. The average Bonchev–Trinajstić information content (AvgIpc) is 2.55. The topological polar surface area (TPSA) is 43.9 Å². The summed E-state index contributed by atoms with van der Waals surface area (Å²) < 4.78 is 0. The highest BCUT2D eigenvalue weighted by Crippen LogP contribution is 2.23. The molecule has 1 aromatic rings. The number of benzene rings is 1. The van der Waals surface area contributed by atoms with Crippen LogP contribution in [0.5, 0.6) is 0 Å². The van der Waals surface area contributed by atoms with Crippen LogP contribution in [0.4, 0.5) is 0 Å². The van der Waals surface area contributed by atoms with Crippen molar-refractivity contribution in [3.05, 3.63) is 35.9 Å². The first-order chi connectivity index (χ1) is 10.8. The number of hydrogen-bond acceptors (Lipinski definition) is 3. The van der Waals surface area contributed by atoms with E-state index in [1.165, 1.54) is 0 Å². The lowest BCUT2D eigenvalue weighted by atomic mass is 9.89. The molecule has 1 fully saturated rings. The molecule has 1 aliphatic rings. The SMILES string of the molecule is CN1CCN(C(=O)C(C)(C)C(=O)N(C)Cc2ccccc2)CC1. The Kier molecular flexibility index (Phi) is 5.42. The summed E-state index contributed by atoms with van der Waals surface area (Å²) in [6.45, 7) is 7.07. The number of rotatable bonds is 4. The molecule has 0 aromatic heterocycles. The van der Waals surface area contributed by atoms with E-state index >= 15 is 0 Å². The molecule has 5 nitrogen and oxygen atoms in total. The minimum absolute atomic E-state index is 0.0736. The van der Waals surface area contributed by atoms with Crippen molar-refractivity contribution in [1.29, 1.82) is 0 Å². The molecule has 2 rings (SSSR count). The fraction of sp³-hybridized carbons (Fsp3) is 0.556. The second-order valence-corrected chi connectivity index (χ2v) is 6.87. The zero-order chi connectivity index (χ0) is 17.0. The normalized spacial score (nSPS) is 16.3. The van der Waals surface area contributed by atoms with Crippen molar-refractivity contribution < 1.29 is 9.59 Å². The fourth-order valence-corrected chi connectivity index (χ4v) is 2.90. The number of amides is 2. The Hall–Kier alpha value is -1.88. The molecule has 2 amide bonds. The van der Waals surface area contributed by atoms with E-state index in [0.717, 1.165) is 18.7 Å². The average molecular weight is 317 g/mol. The number of carbonyl (C=O) groups excluding carboxylic acids is 2. The summed E-state index contributed by atoms with van der Waals surface area (Å²) in [6.07, 6.45) is 0. The zero-order valence-corrected chi connectivity index (χ0v) is 14.6. The number of likely N-dealkylation sites (N-methyl/N-ethyl adjacent to an activating group) is 1. The summed E-state index contributed by atoms with van der Waals surface area (Å²) in [7, 11) is 3.81. The van der Waals surface area contributed by atoms with Gasteiger partial charge in [-0.2, -0.15) is 0 Å². The summed E-state index contributed by atoms with van der Waals surface area (Å²) in [5.74, 6) is -0.208. The van der Waals surface area contributed by atoms with E-state index in [9.17, 15) is 9.59 Å². The molecule has 23 heavy (non-hydrogen) atoms. The van der Waals surface area contributed by atoms with Crippen molar-refractivity contribution in [3.8, 4) is 0 Å². The van der Waals surface area contributed by atoms with Crippen molar-refractivity contribution in [2.45, 2.75) is 20.4 Å². The van der Waals surface area contributed by atoms with Crippen LogP contribution in [0.2, 0.25) is 0 Å². The molecular weight excluding hydrogens is 290 g/mol. The molecule has 1 aliphatic heterocycles. The van der Waals surface area contributed by atoms with E-state index in [-0.39, 0.29) is 11.8 Å². The van der Waals surface area contributed by atoms with Gasteiger partial charge in [0, 0.05) is 39.8 Å². The van der Waals surface area contributed by atoms with Gasteiger partial charge in [-0.25, -0.2) is 0 Å². The van der Waals surface area contributed by atoms with E-state index in [2.05, 4.69) is 4.90 Å². The predicted octanol–water partition coefficient (Wildman–Crippen LogP) is 1.45. The Morgan fingerprint density at radius 1 is 1.09 bits per heavy atom. The first-order valence-corrected chi connectivity index (χ1v) is 8.10. The lowest BCUT2D eigenvalue weighted by Crippen LogP contribution is -2.54. The highest BCUT2D eigenvalue weighted by Gasteiger charge is 2.41. The van der Waals surface area contributed by atoms with E-state index < -0.39 is 5.41 Å². The highest BCUT2D eigenvalue weighted by molar-refractivity contribution is 6.04. The van der Waals surface area contributed by atoms with Gasteiger partial charge in [-0.15, -0.1) is 0 Å². The van der Waals surface area contributed by atoms with Crippen LogP contribution in [-0.4, -0.2) is 66.8 Å². The van der Waals surface area contributed by atoms with Crippen LogP contribution in [0.3, 0.4) is 0 Å². The molecule has 0 atom stereocenters. The van der Waals surface area contributed by atoms with E-state index in [0.29, 0.717) is 19.6 Å². The molecular formula is C18H27N3O2. The Balaban J connectivity index is 2.02. The lowest BCUT2D eigenvalue weighted by molar-refractivity contribution is -0.154. The smallest absolute Gasteiger partial charge is 0.237 e. The largest absolute Gasteiger partial charge is 0.341 e. The van der Waals surface area contributed by atoms with Crippen molar-refractivity contribution >= 4 is 11.8 Å². The number of piperazine rings is 1. The number of carbonyl (C=O) groups is 2. The van der Waals surface area contributed by atoms with Crippen LogP contribution in [0.15, 0.2) is 30.3 Å². The van der Waals surface area contributed by atoms with Crippen LogP contribution >= 0.6 is 0 Å². The van der Waals surface area contributed by atoms with Crippen LogP contribution in [-0.2, 0) is 16.1 Å². The quantitative estimate of drug-likeness (QED) is 0.790. The van der Waals surface area contributed by atoms with Gasteiger partial charge in [0.15, 0.2) is 0 Å². The highest BCUT2D eigenvalue weighted by atomic mass is 16.2. The van der Waals surface area contributed by atoms with E-state index in [1.54, 1.807) is 25.8 Å². The van der Waals surface area contributed by atoms with E-state index in [1.807, 2.05) is 42.3 Å². The van der Waals surface area contributed by atoms with Crippen LogP contribution < -0.4 is 0 Å². The molecule has 0 radical (unpaired) electrons. The monoisotopic (exact) mass is 317 g/mol. The maximum absolute atomic E-state index is 12.8. The molecule has 1 saturated heterocycles. The second-order valence-electron chi connectivity index (χ2n) is 6.87. The molecule has 0 bridgehead atoms. The van der Waals surface area contributed by atoms with Crippen LogP contribution in [0.1, 0.15) is 19.4 Å². The maximum Gasteiger partial charge on any atom is 0.237 e.